The fourth-order valence-electron chi connectivity index (χ4n) is 5.99. The molecular formula is C33H39ClFN7O3S. The third-order valence-electron chi connectivity index (χ3n) is 8.15. The first-order valence-corrected chi connectivity index (χ1v) is 17.0. The van der Waals surface area contributed by atoms with Crippen LogP contribution in [-0.4, -0.2) is 79.6 Å². The number of pyridine rings is 1. The van der Waals surface area contributed by atoms with Gasteiger partial charge in [0.05, 0.1) is 27.5 Å². The zero-order valence-corrected chi connectivity index (χ0v) is 28.1. The van der Waals surface area contributed by atoms with Gasteiger partial charge in [-0.1, -0.05) is 49.7 Å². The normalized spacial score (nSPS) is 17.6. The van der Waals surface area contributed by atoms with Crippen molar-refractivity contribution in [2.24, 2.45) is 4.40 Å². The summed E-state index contributed by atoms with van der Waals surface area (Å²) in [6, 6.07) is 11.2. The molecule has 1 fully saturated rings. The molecule has 2 aliphatic rings. The van der Waals surface area contributed by atoms with E-state index in [1.54, 1.807) is 17.0 Å². The van der Waals surface area contributed by atoms with Crippen molar-refractivity contribution in [3.63, 3.8) is 0 Å². The van der Waals surface area contributed by atoms with Gasteiger partial charge in [0.15, 0.2) is 11.7 Å². The minimum atomic E-state index is -4.42. The number of amides is 1. The summed E-state index contributed by atoms with van der Waals surface area (Å²) >= 11 is 6.80. The molecule has 0 bridgehead atoms. The Labute approximate surface area is 275 Å². The lowest BCUT2D eigenvalue weighted by Gasteiger charge is -2.42. The highest BCUT2D eigenvalue weighted by Gasteiger charge is 2.40. The van der Waals surface area contributed by atoms with Crippen LogP contribution >= 0.6 is 11.6 Å². The number of carbonyl (C=O) groups is 1. The summed E-state index contributed by atoms with van der Waals surface area (Å²) < 4.78 is 49.4. The maximum Gasteiger partial charge on any atom is 0.352 e. The van der Waals surface area contributed by atoms with Gasteiger partial charge < -0.3 is 20.4 Å². The van der Waals surface area contributed by atoms with Crippen LogP contribution in [0.1, 0.15) is 43.4 Å². The lowest BCUT2D eigenvalue weighted by atomic mass is 10.0. The third-order valence-corrected chi connectivity index (χ3v) is 9.67. The van der Waals surface area contributed by atoms with Crippen molar-refractivity contribution in [3.8, 4) is 11.3 Å². The lowest BCUT2D eigenvalue weighted by molar-refractivity contribution is -0.128. The number of carbonyl (C=O) groups excluding carboxylic acids is 1. The van der Waals surface area contributed by atoms with Crippen LogP contribution in [0, 0.1) is 5.82 Å². The van der Waals surface area contributed by atoms with E-state index >= 15 is 4.39 Å². The monoisotopic (exact) mass is 667 g/mol. The van der Waals surface area contributed by atoms with Crippen molar-refractivity contribution in [1.82, 2.24) is 19.7 Å². The molecule has 2 N–H and O–H groups in total. The van der Waals surface area contributed by atoms with Crippen molar-refractivity contribution in [2.45, 2.75) is 45.7 Å². The van der Waals surface area contributed by atoms with Gasteiger partial charge in [-0.3, -0.25) is 4.79 Å². The first-order chi connectivity index (χ1) is 21.9. The van der Waals surface area contributed by atoms with Gasteiger partial charge >= 0.3 is 10.2 Å². The van der Waals surface area contributed by atoms with Crippen LogP contribution in [0.2, 0.25) is 5.02 Å². The van der Waals surface area contributed by atoms with E-state index in [1.165, 1.54) is 24.3 Å². The number of unbranched alkanes of at least 4 members (excludes halogenated alkanes) is 1. The van der Waals surface area contributed by atoms with Gasteiger partial charge in [0, 0.05) is 37.9 Å². The Morgan fingerprint density at radius 1 is 1.22 bits per heavy atom. The molecule has 244 valence electrons. The van der Waals surface area contributed by atoms with Crippen molar-refractivity contribution in [1.29, 1.82) is 0 Å². The van der Waals surface area contributed by atoms with Crippen LogP contribution in [0.4, 0.5) is 21.6 Å². The summed E-state index contributed by atoms with van der Waals surface area (Å²) in [7, 11) is -0.478. The van der Waals surface area contributed by atoms with Crippen molar-refractivity contribution < 1.29 is 17.6 Å². The maximum atomic E-state index is 15.2. The second-order valence-electron chi connectivity index (χ2n) is 11.9. The molecule has 1 aromatic heterocycles. The van der Waals surface area contributed by atoms with E-state index in [0.717, 1.165) is 28.3 Å². The molecule has 5 rings (SSSR count). The molecule has 0 saturated carbocycles. The first-order valence-electron chi connectivity index (χ1n) is 15.2. The van der Waals surface area contributed by atoms with Gasteiger partial charge in [-0.2, -0.15) is 8.42 Å². The molecule has 3 heterocycles. The minimum absolute atomic E-state index is 0.0193. The summed E-state index contributed by atoms with van der Waals surface area (Å²) in [5, 5.41) is 0.0863. The Morgan fingerprint density at radius 3 is 2.63 bits per heavy atom. The largest absolute Gasteiger partial charge is 0.398 e. The fraction of sp³-hybridized carbons (Fsp3) is 0.364. The van der Waals surface area contributed by atoms with Gasteiger partial charge in [-0.15, -0.1) is 4.40 Å². The Kier molecular flexibility index (Phi) is 9.71. The quantitative estimate of drug-likeness (QED) is 0.253. The molecule has 46 heavy (non-hydrogen) atoms. The fourth-order valence-corrected chi connectivity index (χ4v) is 7.52. The van der Waals surface area contributed by atoms with E-state index in [2.05, 4.69) is 17.9 Å². The average Bonchev–Trinajstić information content (AvgIpc) is 2.99. The van der Waals surface area contributed by atoms with Crippen molar-refractivity contribution >= 4 is 50.7 Å². The number of piperazine rings is 1. The summed E-state index contributed by atoms with van der Waals surface area (Å²) in [6.07, 6.45) is 3.63. The Hall–Kier alpha value is -4.00. The second-order valence-corrected chi connectivity index (χ2v) is 13.7. The van der Waals surface area contributed by atoms with Gasteiger partial charge in [-0.25, -0.2) is 13.7 Å². The molecule has 2 aromatic carbocycles. The number of halogens is 2. The van der Waals surface area contributed by atoms with E-state index in [4.69, 9.17) is 22.3 Å². The predicted molar refractivity (Wildman–Crippen MR) is 182 cm³/mol. The van der Waals surface area contributed by atoms with Gasteiger partial charge in [0.25, 0.3) is 0 Å². The molecule has 3 aromatic rings. The zero-order valence-electron chi connectivity index (χ0n) is 26.5. The number of aryl methyl sites for hydroxylation is 1. The van der Waals surface area contributed by atoms with Crippen molar-refractivity contribution in [3.05, 3.63) is 82.6 Å². The average molecular weight is 668 g/mol. The number of anilines is 3. The number of fused-ring (bicyclic) bond motifs is 1. The van der Waals surface area contributed by atoms with Crippen LogP contribution in [0.3, 0.4) is 0 Å². The molecule has 1 saturated heterocycles. The third kappa shape index (κ3) is 6.47. The number of nitrogens with two attached hydrogens (primary N) is 1. The highest BCUT2D eigenvalue weighted by Crippen LogP contribution is 2.43. The number of hydrogen-bond donors (Lipinski definition) is 1. The molecule has 0 aliphatic carbocycles. The van der Waals surface area contributed by atoms with Gasteiger partial charge in [-0.05, 0) is 75.3 Å². The minimum Gasteiger partial charge on any atom is -0.398 e. The number of nitrogen functional groups attached to an aromatic ring is 1. The molecule has 1 atom stereocenters. The molecule has 1 amide bonds. The Bertz CT molecular complexity index is 1790. The van der Waals surface area contributed by atoms with Crippen LogP contribution in [0.15, 0.2) is 59.5 Å². The van der Waals surface area contributed by atoms with Crippen LogP contribution < -0.4 is 10.0 Å². The molecule has 1 unspecified atom stereocenters. The second kappa shape index (κ2) is 13.4. The molecular weight excluding hydrogens is 629 g/mol. The van der Waals surface area contributed by atoms with Crippen LogP contribution in [0.25, 0.3) is 11.3 Å². The molecule has 10 nitrogen and oxygen atoms in total. The molecule has 0 spiro atoms. The maximum absolute atomic E-state index is 15.2. The summed E-state index contributed by atoms with van der Waals surface area (Å²) in [5.74, 6) is -0.639. The summed E-state index contributed by atoms with van der Waals surface area (Å²) in [6.45, 7) is 9.21. The highest BCUT2D eigenvalue weighted by atomic mass is 35.5. The zero-order chi connectivity index (χ0) is 33.3. The lowest BCUT2D eigenvalue weighted by Crippen LogP contribution is -2.56. The van der Waals surface area contributed by atoms with E-state index in [0.29, 0.717) is 43.9 Å². The molecule has 13 heteroatoms. The molecule has 0 radical (unpaired) electrons. The SMILES string of the molecule is C=CC(=O)N1CCN(C2=NS(=O)(=O)N(c3ccc(CN(C)C)cc3CCCC)c3nc(-c4c(N)cccc4F)c(Cl)cc32)C(C)C1. The number of amidine groups is 1. The Morgan fingerprint density at radius 2 is 1.98 bits per heavy atom. The highest BCUT2D eigenvalue weighted by molar-refractivity contribution is 7.92. The van der Waals surface area contributed by atoms with Crippen LogP contribution in [0.5, 0.6) is 0 Å². The number of rotatable bonds is 8. The van der Waals surface area contributed by atoms with E-state index < -0.39 is 16.0 Å². The standard InChI is InChI=1S/C33H39ClFN7O3S/c1-6-8-10-23-17-22(20-39(4)5)13-14-28(23)42-32-24(18-25(34)31(37-32)30-26(35)11-9-12-27(30)36)33(38-46(42,44)45)41-16-15-40(19-21(41)3)29(43)7-2/h7,9,11-14,17-18,21H,2,6,8,10,15-16,19-20,36H2,1,3-5H3. The Balaban J connectivity index is 1.74. The topological polar surface area (TPSA) is 115 Å². The predicted octanol–water partition coefficient (Wildman–Crippen LogP) is 5.39. The first kappa shape index (κ1) is 33.4. The number of aromatic nitrogens is 1. The number of benzene rings is 2. The van der Waals surface area contributed by atoms with Gasteiger partial charge in [0.2, 0.25) is 5.91 Å². The van der Waals surface area contributed by atoms with Crippen molar-refractivity contribution in [2.75, 3.05) is 43.8 Å². The number of nitrogens with zero attached hydrogens (tertiary/aromatic N) is 6. The van der Waals surface area contributed by atoms with E-state index in [1.807, 2.05) is 43.0 Å². The summed E-state index contributed by atoms with van der Waals surface area (Å²) in [5.41, 5.74) is 8.95. The van der Waals surface area contributed by atoms with E-state index in [9.17, 15) is 13.2 Å². The molecule has 2 aliphatic heterocycles. The number of hydrogen-bond acceptors (Lipinski definition) is 7. The van der Waals surface area contributed by atoms with Gasteiger partial charge in [0.1, 0.15) is 5.82 Å². The smallest absolute Gasteiger partial charge is 0.352 e. The summed E-state index contributed by atoms with van der Waals surface area (Å²) in [4.78, 5) is 22.7. The van der Waals surface area contributed by atoms with Crippen LogP contribution in [-0.2, 0) is 28.0 Å². The van der Waals surface area contributed by atoms with E-state index in [-0.39, 0.29) is 45.6 Å².